The van der Waals surface area contributed by atoms with E-state index in [9.17, 15) is 24.6 Å². The number of anilines is 1. The number of para-hydroxylation sites is 1. The Morgan fingerprint density at radius 3 is 2.69 bits per heavy atom. The number of unbranched alkanes of at least 4 members (excludes halogenated alkanes) is 1. The van der Waals surface area contributed by atoms with Crippen molar-refractivity contribution in [1.82, 2.24) is 5.32 Å². The molecule has 1 aliphatic rings. The normalized spacial score (nSPS) is 18.1. The van der Waals surface area contributed by atoms with Gasteiger partial charge in [0.15, 0.2) is 0 Å². The number of carboxylic acid groups (broad SMARTS) is 2. The van der Waals surface area contributed by atoms with Crippen LogP contribution >= 0.6 is 11.8 Å². The quantitative estimate of drug-likeness (QED) is 0.461. The molecule has 1 aromatic carbocycles. The van der Waals surface area contributed by atoms with Gasteiger partial charge in [-0.05, 0) is 31.5 Å². The van der Waals surface area contributed by atoms with E-state index in [1.165, 1.54) is 16.7 Å². The topological polar surface area (TPSA) is 133 Å². The fourth-order valence-corrected chi connectivity index (χ4v) is 3.87. The van der Waals surface area contributed by atoms with Crippen LogP contribution in [-0.4, -0.2) is 59.0 Å². The summed E-state index contributed by atoms with van der Waals surface area (Å²) < 4.78 is 0. The summed E-state index contributed by atoms with van der Waals surface area (Å²) in [4.78, 5) is 37.6. The van der Waals surface area contributed by atoms with E-state index in [-0.39, 0.29) is 0 Å². The third kappa shape index (κ3) is 5.20. The molecule has 0 bridgehead atoms. The molecule has 1 aliphatic heterocycles. The molecule has 26 heavy (non-hydrogen) atoms. The molecular formula is C17H23N3O5S. The number of hydrogen-bond donors (Lipinski definition) is 4. The Morgan fingerprint density at radius 2 is 2.04 bits per heavy atom. The Kier molecular flexibility index (Phi) is 7.43. The third-order valence-corrected chi connectivity index (χ3v) is 5.22. The number of rotatable bonds is 9. The van der Waals surface area contributed by atoms with Gasteiger partial charge in [-0.3, -0.25) is 24.6 Å². The van der Waals surface area contributed by atoms with Crippen LogP contribution in [0.1, 0.15) is 19.3 Å². The molecule has 0 saturated heterocycles. The molecule has 1 heterocycles. The van der Waals surface area contributed by atoms with Gasteiger partial charge in [0.05, 0.1) is 11.7 Å². The minimum absolute atomic E-state index is 0.326. The lowest BCUT2D eigenvalue weighted by Gasteiger charge is -2.26. The Morgan fingerprint density at radius 1 is 1.31 bits per heavy atom. The highest BCUT2D eigenvalue weighted by Gasteiger charge is 2.34. The zero-order chi connectivity index (χ0) is 19.1. The van der Waals surface area contributed by atoms with Crippen LogP contribution in [0.2, 0.25) is 0 Å². The van der Waals surface area contributed by atoms with Gasteiger partial charge in [-0.1, -0.05) is 18.6 Å². The van der Waals surface area contributed by atoms with Crippen LogP contribution in [0, 0.1) is 0 Å². The fourth-order valence-electron chi connectivity index (χ4n) is 2.78. The Labute approximate surface area is 155 Å². The van der Waals surface area contributed by atoms with Gasteiger partial charge in [-0.2, -0.15) is 0 Å². The minimum atomic E-state index is -1.13. The van der Waals surface area contributed by atoms with E-state index >= 15 is 0 Å². The van der Waals surface area contributed by atoms with Gasteiger partial charge >= 0.3 is 11.9 Å². The molecule has 0 unspecified atom stereocenters. The molecule has 0 radical (unpaired) electrons. The van der Waals surface area contributed by atoms with Crippen molar-refractivity contribution in [1.29, 1.82) is 0 Å². The molecule has 5 N–H and O–H groups in total. The first-order chi connectivity index (χ1) is 12.4. The predicted molar refractivity (Wildman–Crippen MR) is 98.4 cm³/mol. The van der Waals surface area contributed by atoms with Crippen molar-refractivity contribution in [2.24, 2.45) is 5.73 Å². The number of amides is 1. The molecular weight excluding hydrogens is 358 g/mol. The maximum atomic E-state index is 12.9. The maximum absolute atomic E-state index is 12.9. The number of benzene rings is 1. The van der Waals surface area contributed by atoms with Gasteiger partial charge in [0.25, 0.3) is 0 Å². The summed E-state index contributed by atoms with van der Waals surface area (Å²) in [6, 6.07) is 5.40. The number of carbonyl (C=O) groups is 3. The number of nitrogens with two attached hydrogens (primary N) is 1. The standard InChI is InChI=1S/C17H23N3O5S/c18-8-4-3-5-11(17(24)25)19-12-10-26-14-7-2-1-6-13(14)20(16(12)23)9-15(21)22/h1-2,6-7,11-12,19H,3-5,8-10,18H2,(H,21,22)(H,24,25)/t11-,12-/m0/s1. The van der Waals surface area contributed by atoms with E-state index in [0.29, 0.717) is 37.2 Å². The van der Waals surface area contributed by atoms with Crippen LogP contribution < -0.4 is 16.0 Å². The van der Waals surface area contributed by atoms with E-state index in [1.807, 2.05) is 12.1 Å². The van der Waals surface area contributed by atoms with Crippen molar-refractivity contribution < 1.29 is 24.6 Å². The summed E-state index contributed by atoms with van der Waals surface area (Å²) in [6.45, 7) is 0.00570. The highest BCUT2D eigenvalue weighted by atomic mass is 32.2. The van der Waals surface area contributed by atoms with Crippen LogP contribution in [0.4, 0.5) is 5.69 Å². The number of nitrogens with zero attached hydrogens (tertiary/aromatic N) is 1. The van der Waals surface area contributed by atoms with Gasteiger partial charge in [0.2, 0.25) is 5.91 Å². The smallest absolute Gasteiger partial charge is 0.323 e. The molecule has 9 heteroatoms. The molecule has 1 amide bonds. The molecule has 0 spiro atoms. The number of fused-ring (bicyclic) bond motifs is 1. The third-order valence-electron chi connectivity index (χ3n) is 4.07. The Bertz CT molecular complexity index is 670. The van der Waals surface area contributed by atoms with Crippen LogP contribution in [0.5, 0.6) is 0 Å². The van der Waals surface area contributed by atoms with Gasteiger partial charge in [0.1, 0.15) is 12.6 Å². The second kappa shape index (κ2) is 9.56. The number of carboxylic acids is 2. The first-order valence-corrected chi connectivity index (χ1v) is 9.36. The summed E-state index contributed by atoms with van der Waals surface area (Å²) in [5.41, 5.74) is 5.98. The number of aliphatic carboxylic acids is 2. The van der Waals surface area contributed by atoms with Crippen molar-refractivity contribution >= 4 is 35.3 Å². The molecule has 2 rings (SSSR count). The summed E-state index contributed by atoms with van der Waals surface area (Å²) in [6.07, 6.45) is 1.69. The molecule has 0 aromatic heterocycles. The first-order valence-electron chi connectivity index (χ1n) is 8.38. The number of carbonyl (C=O) groups excluding carboxylic acids is 1. The van der Waals surface area contributed by atoms with Crippen LogP contribution in [0.15, 0.2) is 29.2 Å². The van der Waals surface area contributed by atoms with Gasteiger partial charge < -0.3 is 15.9 Å². The summed E-state index contributed by atoms with van der Waals surface area (Å²) >= 11 is 1.40. The van der Waals surface area contributed by atoms with Crippen LogP contribution in [0.3, 0.4) is 0 Å². The Hall–Kier alpha value is -2.10. The number of thioether (sulfide) groups is 1. The van der Waals surface area contributed by atoms with Crippen molar-refractivity contribution in [3.63, 3.8) is 0 Å². The monoisotopic (exact) mass is 381 g/mol. The van der Waals surface area contributed by atoms with E-state index in [1.54, 1.807) is 12.1 Å². The highest BCUT2D eigenvalue weighted by molar-refractivity contribution is 7.99. The van der Waals surface area contributed by atoms with Crippen molar-refractivity contribution in [3.8, 4) is 0 Å². The van der Waals surface area contributed by atoms with Gasteiger partial charge in [-0.25, -0.2) is 0 Å². The van der Waals surface area contributed by atoms with E-state index in [4.69, 9.17) is 5.73 Å². The fraction of sp³-hybridized carbons (Fsp3) is 0.471. The van der Waals surface area contributed by atoms with Gasteiger partial charge in [-0.15, -0.1) is 11.8 Å². The van der Waals surface area contributed by atoms with Crippen molar-refractivity contribution in [2.75, 3.05) is 23.7 Å². The highest BCUT2D eigenvalue weighted by Crippen LogP contribution is 2.34. The average Bonchev–Trinajstić information content (AvgIpc) is 2.72. The van der Waals surface area contributed by atoms with Gasteiger partial charge in [0, 0.05) is 10.6 Å². The average molecular weight is 381 g/mol. The Balaban J connectivity index is 2.20. The van der Waals surface area contributed by atoms with E-state index < -0.39 is 36.5 Å². The second-order valence-corrected chi connectivity index (χ2v) is 7.05. The molecule has 0 fully saturated rings. The maximum Gasteiger partial charge on any atom is 0.323 e. The summed E-state index contributed by atoms with van der Waals surface area (Å²) in [5, 5.41) is 21.5. The molecule has 0 aliphatic carbocycles. The lowest BCUT2D eigenvalue weighted by Crippen LogP contribution is -2.53. The van der Waals surface area contributed by atoms with Crippen molar-refractivity contribution in [2.45, 2.75) is 36.2 Å². The van der Waals surface area contributed by atoms with Crippen LogP contribution in [-0.2, 0) is 14.4 Å². The number of nitrogens with one attached hydrogen (secondary N) is 1. The first kappa shape index (κ1) is 20.2. The summed E-state index contributed by atoms with van der Waals surface area (Å²) in [5.74, 6) is -2.27. The lowest BCUT2D eigenvalue weighted by molar-refractivity contribution is -0.140. The minimum Gasteiger partial charge on any atom is -0.480 e. The van der Waals surface area contributed by atoms with E-state index in [2.05, 4.69) is 5.32 Å². The molecule has 0 saturated carbocycles. The SMILES string of the molecule is NCCCC[C@H](N[C@H]1CSc2ccccc2N(CC(=O)O)C1=O)C(=O)O. The van der Waals surface area contributed by atoms with E-state index in [0.717, 1.165) is 4.90 Å². The lowest BCUT2D eigenvalue weighted by atomic mass is 10.1. The molecule has 2 atom stereocenters. The molecule has 8 nitrogen and oxygen atoms in total. The molecule has 1 aromatic rings. The predicted octanol–water partition coefficient (Wildman–Crippen LogP) is 0.750. The zero-order valence-electron chi connectivity index (χ0n) is 14.3. The zero-order valence-corrected chi connectivity index (χ0v) is 15.1. The number of hydrogen-bond acceptors (Lipinski definition) is 6. The summed E-state index contributed by atoms with van der Waals surface area (Å²) in [7, 11) is 0. The largest absolute Gasteiger partial charge is 0.480 e. The molecule has 142 valence electrons. The van der Waals surface area contributed by atoms with Crippen LogP contribution in [0.25, 0.3) is 0 Å². The van der Waals surface area contributed by atoms with Crippen molar-refractivity contribution in [3.05, 3.63) is 24.3 Å². The second-order valence-electron chi connectivity index (χ2n) is 5.99.